The van der Waals surface area contributed by atoms with Crippen molar-refractivity contribution in [3.63, 3.8) is 0 Å². The lowest BCUT2D eigenvalue weighted by Crippen LogP contribution is -2.25. The summed E-state index contributed by atoms with van der Waals surface area (Å²) in [7, 11) is 0. The van der Waals surface area contributed by atoms with E-state index < -0.39 is 12.1 Å². The third-order valence-electron chi connectivity index (χ3n) is 1.91. The number of aliphatic hydroxyl groups is 1. The summed E-state index contributed by atoms with van der Waals surface area (Å²) in [6, 6.07) is 5.48. The van der Waals surface area contributed by atoms with Crippen LogP contribution in [0.2, 0.25) is 0 Å². The fraction of sp³-hybridized carbons (Fsp3) is 0.455. The number of aliphatic hydroxyl groups excluding tert-OH is 1. The maximum absolute atomic E-state index is 11.1. The van der Waals surface area contributed by atoms with E-state index >= 15 is 0 Å². The van der Waals surface area contributed by atoms with Crippen molar-refractivity contribution in [3.05, 3.63) is 29.6 Å². The summed E-state index contributed by atoms with van der Waals surface area (Å²) in [4.78, 5) is 15.3. The molecule has 1 atom stereocenters. The van der Waals surface area contributed by atoms with Gasteiger partial charge in [0.1, 0.15) is 0 Å². The second-order valence-corrected chi connectivity index (χ2v) is 3.24. The van der Waals surface area contributed by atoms with Crippen LogP contribution >= 0.6 is 0 Å². The monoisotopic (exact) mass is 209 g/mol. The molecule has 1 aromatic rings. The van der Waals surface area contributed by atoms with Crippen molar-refractivity contribution in [1.82, 2.24) is 4.98 Å². The minimum absolute atomic E-state index is 0.195. The van der Waals surface area contributed by atoms with Crippen LogP contribution in [0.1, 0.15) is 18.3 Å². The average molecular weight is 209 g/mol. The molecule has 82 valence electrons. The standard InChI is InChI=1S/C11H15NO3/c1-3-15-11(14)10(13)7-9-6-4-5-8(2)12-9/h4-6,10,13H,3,7H2,1-2H3. The van der Waals surface area contributed by atoms with Gasteiger partial charge in [-0.25, -0.2) is 4.79 Å². The second kappa shape index (κ2) is 5.46. The van der Waals surface area contributed by atoms with Crippen molar-refractivity contribution in [3.8, 4) is 0 Å². The molecule has 1 N–H and O–H groups in total. The van der Waals surface area contributed by atoms with Gasteiger partial charge < -0.3 is 9.84 Å². The molecule has 0 aromatic carbocycles. The van der Waals surface area contributed by atoms with Crippen LogP contribution in [0.15, 0.2) is 18.2 Å². The number of esters is 1. The maximum atomic E-state index is 11.1. The van der Waals surface area contributed by atoms with Crippen molar-refractivity contribution in [1.29, 1.82) is 0 Å². The Morgan fingerprint density at radius 3 is 2.93 bits per heavy atom. The highest BCUT2D eigenvalue weighted by molar-refractivity contribution is 5.74. The maximum Gasteiger partial charge on any atom is 0.335 e. The molecule has 0 amide bonds. The highest BCUT2D eigenvalue weighted by atomic mass is 16.5. The number of pyridine rings is 1. The van der Waals surface area contributed by atoms with Crippen LogP contribution < -0.4 is 0 Å². The molecule has 0 aliphatic heterocycles. The molecule has 0 aliphatic carbocycles. The number of hydrogen-bond acceptors (Lipinski definition) is 4. The zero-order valence-electron chi connectivity index (χ0n) is 8.93. The molecule has 0 bridgehead atoms. The van der Waals surface area contributed by atoms with Crippen molar-refractivity contribution < 1.29 is 14.6 Å². The van der Waals surface area contributed by atoms with Crippen LogP contribution in [-0.4, -0.2) is 28.8 Å². The van der Waals surface area contributed by atoms with Crippen LogP contribution in [0.3, 0.4) is 0 Å². The third kappa shape index (κ3) is 3.67. The van der Waals surface area contributed by atoms with Gasteiger partial charge >= 0.3 is 5.97 Å². The zero-order valence-corrected chi connectivity index (χ0v) is 8.93. The Morgan fingerprint density at radius 2 is 2.33 bits per heavy atom. The molecule has 1 rings (SSSR count). The van der Waals surface area contributed by atoms with Crippen LogP contribution in [0.4, 0.5) is 0 Å². The summed E-state index contributed by atoms with van der Waals surface area (Å²) >= 11 is 0. The van der Waals surface area contributed by atoms with E-state index in [-0.39, 0.29) is 13.0 Å². The fourth-order valence-electron chi connectivity index (χ4n) is 1.23. The van der Waals surface area contributed by atoms with Crippen molar-refractivity contribution in [2.45, 2.75) is 26.4 Å². The van der Waals surface area contributed by atoms with E-state index in [0.29, 0.717) is 5.69 Å². The first kappa shape index (κ1) is 11.7. The molecular formula is C11H15NO3. The first-order valence-electron chi connectivity index (χ1n) is 4.90. The predicted molar refractivity (Wildman–Crippen MR) is 55.3 cm³/mol. The van der Waals surface area contributed by atoms with Gasteiger partial charge in [-0.3, -0.25) is 4.98 Å². The molecule has 0 fully saturated rings. The molecule has 15 heavy (non-hydrogen) atoms. The molecule has 0 spiro atoms. The minimum atomic E-state index is -1.13. The lowest BCUT2D eigenvalue weighted by atomic mass is 10.2. The molecule has 1 unspecified atom stereocenters. The van der Waals surface area contributed by atoms with E-state index in [2.05, 4.69) is 9.72 Å². The molecule has 1 aromatic heterocycles. The highest BCUT2D eigenvalue weighted by Gasteiger charge is 2.17. The van der Waals surface area contributed by atoms with Crippen LogP contribution in [-0.2, 0) is 16.0 Å². The molecule has 0 aliphatic rings. The summed E-state index contributed by atoms with van der Waals surface area (Å²) in [6.07, 6.45) is -0.931. The van der Waals surface area contributed by atoms with Crippen LogP contribution in [0.25, 0.3) is 0 Å². The van der Waals surface area contributed by atoms with Gasteiger partial charge in [0.05, 0.1) is 6.61 Å². The number of nitrogens with zero attached hydrogens (tertiary/aromatic N) is 1. The molecule has 4 heteroatoms. The first-order chi connectivity index (χ1) is 7.13. The molecule has 0 saturated heterocycles. The van der Waals surface area contributed by atoms with Crippen molar-refractivity contribution in [2.75, 3.05) is 6.61 Å². The Kier molecular flexibility index (Phi) is 4.24. The van der Waals surface area contributed by atoms with Gasteiger partial charge in [0.15, 0.2) is 6.10 Å². The summed E-state index contributed by atoms with van der Waals surface area (Å²) in [5, 5.41) is 9.48. The first-order valence-corrected chi connectivity index (χ1v) is 4.90. The van der Waals surface area contributed by atoms with Gasteiger partial charge in [-0.05, 0) is 26.0 Å². The third-order valence-corrected chi connectivity index (χ3v) is 1.91. The van der Waals surface area contributed by atoms with Gasteiger partial charge in [-0.2, -0.15) is 0 Å². The molecule has 4 nitrogen and oxygen atoms in total. The zero-order chi connectivity index (χ0) is 11.3. The van der Waals surface area contributed by atoms with Gasteiger partial charge in [-0.15, -0.1) is 0 Å². The minimum Gasteiger partial charge on any atom is -0.464 e. The Hall–Kier alpha value is -1.42. The number of aromatic nitrogens is 1. The van der Waals surface area contributed by atoms with Crippen molar-refractivity contribution >= 4 is 5.97 Å². The molecule has 1 heterocycles. The fourth-order valence-corrected chi connectivity index (χ4v) is 1.23. The number of ether oxygens (including phenoxy) is 1. The molecular weight excluding hydrogens is 194 g/mol. The van der Waals surface area contributed by atoms with Gasteiger partial charge in [-0.1, -0.05) is 6.07 Å². The number of hydrogen-bond donors (Lipinski definition) is 1. The number of aryl methyl sites for hydroxylation is 1. The lowest BCUT2D eigenvalue weighted by molar-refractivity contribution is -0.152. The predicted octanol–water partition coefficient (Wildman–Crippen LogP) is 0.857. The summed E-state index contributed by atoms with van der Waals surface area (Å²) < 4.78 is 4.69. The quantitative estimate of drug-likeness (QED) is 0.747. The Balaban J connectivity index is 2.58. The van der Waals surface area contributed by atoms with Crippen molar-refractivity contribution in [2.24, 2.45) is 0 Å². The van der Waals surface area contributed by atoms with E-state index in [4.69, 9.17) is 0 Å². The summed E-state index contributed by atoms with van der Waals surface area (Å²) in [6.45, 7) is 3.84. The van der Waals surface area contributed by atoms with E-state index in [1.165, 1.54) is 0 Å². The molecule has 0 saturated carbocycles. The second-order valence-electron chi connectivity index (χ2n) is 3.24. The van der Waals surface area contributed by atoms with Gasteiger partial charge in [0.2, 0.25) is 0 Å². The number of carbonyl (C=O) groups excluding carboxylic acids is 1. The normalized spacial score (nSPS) is 12.2. The van der Waals surface area contributed by atoms with Gasteiger partial charge in [0.25, 0.3) is 0 Å². The summed E-state index contributed by atoms with van der Waals surface area (Å²) in [5.74, 6) is -0.596. The average Bonchev–Trinajstić information content (AvgIpc) is 2.18. The van der Waals surface area contributed by atoms with Gasteiger partial charge in [0, 0.05) is 17.8 Å². The van der Waals surface area contributed by atoms with Crippen LogP contribution in [0, 0.1) is 6.92 Å². The van der Waals surface area contributed by atoms with E-state index in [1.807, 2.05) is 19.1 Å². The number of rotatable bonds is 4. The SMILES string of the molecule is CCOC(=O)C(O)Cc1cccc(C)n1. The Bertz CT molecular complexity index is 338. The molecule has 0 radical (unpaired) electrons. The largest absolute Gasteiger partial charge is 0.464 e. The van der Waals surface area contributed by atoms with E-state index in [9.17, 15) is 9.90 Å². The lowest BCUT2D eigenvalue weighted by Gasteiger charge is -2.09. The topological polar surface area (TPSA) is 59.4 Å². The highest BCUT2D eigenvalue weighted by Crippen LogP contribution is 2.03. The smallest absolute Gasteiger partial charge is 0.335 e. The summed E-state index contributed by atoms with van der Waals surface area (Å²) in [5.41, 5.74) is 1.55. The van der Waals surface area contributed by atoms with Crippen LogP contribution in [0.5, 0.6) is 0 Å². The Morgan fingerprint density at radius 1 is 1.60 bits per heavy atom. The Labute approximate surface area is 88.9 Å². The number of carbonyl (C=O) groups is 1. The van der Waals surface area contributed by atoms with E-state index in [0.717, 1.165) is 5.69 Å². The van der Waals surface area contributed by atoms with E-state index in [1.54, 1.807) is 13.0 Å².